The van der Waals surface area contributed by atoms with Crippen molar-refractivity contribution in [2.24, 2.45) is 0 Å². The van der Waals surface area contributed by atoms with Crippen molar-refractivity contribution in [3.63, 3.8) is 0 Å². The number of nitrogens with one attached hydrogen (secondary N) is 2. The van der Waals surface area contributed by atoms with Crippen LogP contribution in [0.4, 0.5) is 16.2 Å². The molecule has 0 aliphatic carbocycles. The summed E-state index contributed by atoms with van der Waals surface area (Å²) in [5.74, 6) is 0. The monoisotopic (exact) mass is 353 g/mol. The van der Waals surface area contributed by atoms with Crippen molar-refractivity contribution < 1.29 is 4.79 Å². The van der Waals surface area contributed by atoms with E-state index in [-0.39, 0.29) is 6.03 Å². The lowest BCUT2D eigenvalue weighted by molar-refractivity contribution is 0.262. The molecule has 0 saturated heterocycles. The summed E-state index contributed by atoms with van der Waals surface area (Å²) < 4.78 is 1.12. The van der Waals surface area contributed by atoms with E-state index in [0.29, 0.717) is 5.69 Å². The highest BCUT2D eigenvalue weighted by Gasteiger charge is 2.06. The third-order valence-corrected chi connectivity index (χ3v) is 3.60. The highest BCUT2D eigenvalue weighted by Crippen LogP contribution is 2.20. The zero-order chi connectivity index (χ0) is 13.0. The van der Waals surface area contributed by atoms with Crippen molar-refractivity contribution in [3.05, 3.63) is 51.9 Å². The number of rotatable bonds is 2. The van der Waals surface area contributed by atoms with Gasteiger partial charge < -0.3 is 10.6 Å². The van der Waals surface area contributed by atoms with Crippen molar-refractivity contribution in [2.45, 2.75) is 6.92 Å². The van der Waals surface area contributed by atoms with E-state index in [1.165, 1.54) is 0 Å². The lowest BCUT2D eigenvalue weighted by atomic mass is 10.2. The maximum absolute atomic E-state index is 11.8. The van der Waals surface area contributed by atoms with Gasteiger partial charge in [0.15, 0.2) is 0 Å². The molecule has 92 valence electrons. The van der Waals surface area contributed by atoms with Crippen LogP contribution in [-0.4, -0.2) is 11.0 Å². The molecule has 2 N–H and O–H groups in total. The van der Waals surface area contributed by atoms with Crippen molar-refractivity contribution in [1.29, 1.82) is 0 Å². The molecule has 2 rings (SSSR count). The van der Waals surface area contributed by atoms with E-state index < -0.39 is 0 Å². The number of halogens is 1. The van der Waals surface area contributed by atoms with Crippen LogP contribution < -0.4 is 10.6 Å². The average molecular weight is 353 g/mol. The number of hydrogen-bond donors (Lipinski definition) is 2. The number of benzene rings is 1. The topological polar surface area (TPSA) is 54.0 Å². The Morgan fingerprint density at radius 1 is 1.22 bits per heavy atom. The molecule has 0 fully saturated rings. The van der Waals surface area contributed by atoms with Crippen molar-refractivity contribution in [2.75, 3.05) is 10.6 Å². The minimum Gasteiger partial charge on any atom is -0.307 e. The molecule has 0 unspecified atom stereocenters. The second-order valence-electron chi connectivity index (χ2n) is 3.73. The SMILES string of the molecule is Cc1c(I)cccc1NC(=O)Nc1cccnc1. The van der Waals surface area contributed by atoms with Gasteiger partial charge in [0.2, 0.25) is 0 Å². The number of carbonyl (C=O) groups is 1. The van der Waals surface area contributed by atoms with E-state index in [2.05, 4.69) is 38.2 Å². The molecule has 0 atom stereocenters. The number of aromatic nitrogens is 1. The number of amides is 2. The highest BCUT2D eigenvalue weighted by molar-refractivity contribution is 14.1. The standard InChI is InChI=1S/C13H12IN3O/c1-9-11(14)5-2-6-12(9)17-13(18)16-10-4-3-7-15-8-10/h2-8H,1H3,(H2,16,17,18). The van der Waals surface area contributed by atoms with Gasteiger partial charge in [-0.2, -0.15) is 0 Å². The van der Waals surface area contributed by atoms with Gasteiger partial charge in [-0.3, -0.25) is 4.98 Å². The zero-order valence-electron chi connectivity index (χ0n) is 9.77. The molecule has 0 spiro atoms. The quantitative estimate of drug-likeness (QED) is 0.810. The molecule has 0 aliphatic heterocycles. The fourth-order valence-corrected chi connectivity index (χ4v) is 1.96. The van der Waals surface area contributed by atoms with E-state index in [1.54, 1.807) is 24.5 Å². The number of carbonyl (C=O) groups excluding carboxylic acids is 1. The highest BCUT2D eigenvalue weighted by atomic mass is 127. The molecule has 0 bridgehead atoms. The molecule has 1 heterocycles. The summed E-state index contributed by atoms with van der Waals surface area (Å²) >= 11 is 2.24. The van der Waals surface area contributed by atoms with Crippen LogP contribution in [0.15, 0.2) is 42.7 Å². The van der Waals surface area contributed by atoms with Gasteiger partial charge in [0.25, 0.3) is 0 Å². The van der Waals surface area contributed by atoms with Crippen LogP contribution in [-0.2, 0) is 0 Å². The van der Waals surface area contributed by atoms with Gasteiger partial charge in [-0.15, -0.1) is 0 Å². The number of hydrogen-bond acceptors (Lipinski definition) is 2. The van der Waals surface area contributed by atoms with Crippen molar-refractivity contribution in [3.8, 4) is 0 Å². The zero-order valence-corrected chi connectivity index (χ0v) is 11.9. The van der Waals surface area contributed by atoms with E-state index in [1.807, 2.05) is 25.1 Å². The predicted octanol–water partition coefficient (Wildman–Crippen LogP) is 3.64. The average Bonchev–Trinajstić information content (AvgIpc) is 2.36. The fourth-order valence-electron chi connectivity index (χ4n) is 1.46. The summed E-state index contributed by atoms with van der Waals surface area (Å²) in [6, 6.07) is 9.07. The van der Waals surface area contributed by atoms with E-state index >= 15 is 0 Å². The molecule has 18 heavy (non-hydrogen) atoms. The Labute approximate surface area is 119 Å². The van der Waals surface area contributed by atoms with Crippen LogP contribution in [0, 0.1) is 10.5 Å². The van der Waals surface area contributed by atoms with E-state index in [0.717, 1.165) is 14.8 Å². The van der Waals surface area contributed by atoms with E-state index in [4.69, 9.17) is 0 Å². The first kappa shape index (κ1) is 12.8. The van der Waals surface area contributed by atoms with Gasteiger partial charge in [-0.25, -0.2) is 4.79 Å². The normalized spacial score (nSPS) is 9.89. The van der Waals surface area contributed by atoms with Crippen LogP contribution in [0.2, 0.25) is 0 Å². The fraction of sp³-hybridized carbons (Fsp3) is 0.0769. The van der Waals surface area contributed by atoms with Crippen LogP contribution in [0.3, 0.4) is 0 Å². The summed E-state index contributed by atoms with van der Waals surface area (Å²) in [7, 11) is 0. The maximum Gasteiger partial charge on any atom is 0.323 e. The smallest absolute Gasteiger partial charge is 0.307 e. The molecule has 0 radical (unpaired) electrons. The molecule has 5 heteroatoms. The third-order valence-electron chi connectivity index (χ3n) is 2.44. The Morgan fingerprint density at radius 2 is 2.06 bits per heavy atom. The minimum atomic E-state index is -0.270. The Hall–Kier alpha value is -1.63. The first-order valence-corrected chi connectivity index (χ1v) is 6.48. The molecule has 2 aromatic rings. The number of pyridine rings is 1. The Balaban J connectivity index is 2.06. The lowest BCUT2D eigenvalue weighted by Crippen LogP contribution is -2.20. The molecule has 0 saturated carbocycles. The predicted molar refractivity (Wildman–Crippen MR) is 80.8 cm³/mol. The first-order valence-electron chi connectivity index (χ1n) is 5.40. The second-order valence-corrected chi connectivity index (χ2v) is 4.90. The minimum absolute atomic E-state index is 0.270. The Kier molecular flexibility index (Phi) is 4.14. The molecule has 0 aliphatic rings. The van der Waals surface area contributed by atoms with Gasteiger partial charge in [0.1, 0.15) is 0 Å². The summed E-state index contributed by atoms with van der Waals surface area (Å²) in [5, 5.41) is 5.54. The van der Waals surface area contributed by atoms with Crippen molar-refractivity contribution >= 4 is 40.0 Å². The second kappa shape index (κ2) is 5.81. The molecule has 2 amide bonds. The van der Waals surface area contributed by atoms with Gasteiger partial charge in [0.05, 0.1) is 11.9 Å². The summed E-state index contributed by atoms with van der Waals surface area (Å²) in [5.41, 5.74) is 2.53. The van der Waals surface area contributed by atoms with Gasteiger partial charge in [0, 0.05) is 15.5 Å². The van der Waals surface area contributed by atoms with Crippen molar-refractivity contribution in [1.82, 2.24) is 4.98 Å². The van der Waals surface area contributed by atoms with Crippen LogP contribution in [0.5, 0.6) is 0 Å². The van der Waals surface area contributed by atoms with Gasteiger partial charge in [-0.1, -0.05) is 6.07 Å². The molecule has 1 aromatic carbocycles. The van der Waals surface area contributed by atoms with Crippen LogP contribution in [0.25, 0.3) is 0 Å². The third kappa shape index (κ3) is 3.19. The van der Waals surface area contributed by atoms with Crippen LogP contribution in [0.1, 0.15) is 5.56 Å². The summed E-state index contributed by atoms with van der Waals surface area (Å²) in [6.07, 6.45) is 3.26. The Morgan fingerprint density at radius 3 is 2.78 bits per heavy atom. The maximum atomic E-state index is 11.8. The molecular formula is C13H12IN3O. The molecule has 1 aromatic heterocycles. The van der Waals surface area contributed by atoms with Gasteiger partial charge in [-0.05, 0) is 59.3 Å². The van der Waals surface area contributed by atoms with E-state index in [9.17, 15) is 4.79 Å². The lowest BCUT2D eigenvalue weighted by Gasteiger charge is -2.10. The largest absolute Gasteiger partial charge is 0.323 e. The number of nitrogens with zero attached hydrogens (tertiary/aromatic N) is 1. The van der Waals surface area contributed by atoms with Gasteiger partial charge >= 0.3 is 6.03 Å². The number of urea groups is 1. The number of anilines is 2. The first-order chi connectivity index (χ1) is 8.66. The molecule has 4 nitrogen and oxygen atoms in total. The van der Waals surface area contributed by atoms with Crippen LogP contribution >= 0.6 is 22.6 Å². The summed E-state index contributed by atoms with van der Waals surface area (Å²) in [6.45, 7) is 1.97. The summed E-state index contributed by atoms with van der Waals surface area (Å²) in [4.78, 5) is 15.7. The molecular weight excluding hydrogens is 341 g/mol. The Bertz CT molecular complexity index is 557.